The molecule has 1 aliphatic heterocycles. The first-order valence-corrected chi connectivity index (χ1v) is 14.1. The predicted molar refractivity (Wildman–Crippen MR) is 141 cm³/mol. The fraction of sp³-hybridized carbons (Fsp3) is 0.304. The molecule has 0 saturated carbocycles. The molecule has 1 aliphatic rings. The van der Waals surface area contributed by atoms with E-state index in [9.17, 15) is 8.42 Å². The van der Waals surface area contributed by atoms with Crippen molar-refractivity contribution in [1.82, 2.24) is 25.1 Å². The smallest absolute Gasteiger partial charge is 0.259 e. The van der Waals surface area contributed by atoms with Crippen LogP contribution in [0.2, 0.25) is 0 Å². The van der Waals surface area contributed by atoms with Crippen molar-refractivity contribution in [2.75, 3.05) is 49.2 Å². The van der Waals surface area contributed by atoms with Crippen molar-refractivity contribution in [3.63, 3.8) is 0 Å². The molecule has 3 aromatic heterocycles. The summed E-state index contributed by atoms with van der Waals surface area (Å²) in [6.07, 6.45) is 1.66. The summed E-state index contributed by atoms with van der Waals surface area (Å²) < 4.78 is 33.9. The van der Waals surface area contributed by atoms with Gasteiger partial charge in [0, 0.05) is 31.7 Å². The van der Waals surface area contributed by atoms with Gasteiger partial charge in [-0.05, 0) is 29.8 Å². The molecule has 1 saturated heterocycles. The van der Waals surface area contributed by atoms with Crippen molar-refractivity contribution in [3.05, 3.63) is 54.2 Å². The Morgan fingerprint density at radius 2 is 1.81 bits per heavy atom. The Labute approximate surface area is 218 Å². The number of primary sulfonamides is 1. The Morgan fingerprint density at radius 1 is 1.05 bits per heavy atom. The minimum Gasteiger partial charge on any atom is -0.415 e. The summed E-state index contributed by atoms with van der Waals surface area (Å²) in [5.74, 6) is 1.73. The van der Waals surface area contributed by atoms with Crippen LogP contribution in [0, 0.1) is 0 Å². The average Bonchev–Trinajstić information content (AvgIpc) is 3.54. The van der Waals surface area contributed by atoms with E-state index in [2.05, 4.69) is 35.7 Å². The maximum absolute atomic E-state index is 11.3. The number of ether oxygens (including phenoxy) is 1. The Kier molecular flexibility index (Phi) is 7.71. The lowest BCUT2D eigenvalue weighted by atomic mass is 10.2. The van der Waals surface area contributed by atoms with Crippen LogP contribution in [0.4, 0.5) is 16.8 Å². The number of benzene rings is 1. The zero-order chi connectivity index (χ0) is 25.7. The van der Waals surface area contributed by atoms with Gasteiger partial charge in [0.05, 0.1) is 25.2 Å². The lowest BCUT2D eigenvalue weighted by Crippen LogP contribution is -2.35. The van der Waals surface area contributed by atoms with Crippen LogP contribution in [0.25, 0.3) is 22.2 Å². The van der Waals surface area contributed by atoms with Crippen LogP contribution in [0.1, 0.15) is 5.56 Å². The molecule has 0 amide bonds. The van der Waals surface area contributed by atoms with Gasteiger partial charge >= 0.3 is 0 Å². The van der Waals surface area contributed by atoms with E-state index >= 15 is 0 Å². The number of pyridine rings is 1. The molecule has 0 bridgehead atoms. The molecule has 0 spiro atoms. The number of nitrogens with one attached hydrogen (secondary N) is 2. The first kappa shape index (κ1) is 25.2. The number of anilines is 3. The highest BCUT2D eigenvalue weighted by atomic mass is 32.2. The van der Waals surface area contributed by atoms with E-state index in [1.165, 1.54) is 11.3 Å². The van der Waals surface area contributed by atoms with E-state index < -0.39 is 10.0 Å². The third-order valence-corrected chi connectivity index (χ3v) is 7.16. The molecule has 0 aliphatic carbocycles. The number of nitrogens with two attached hydrogens (primary N) is 1. The first-order chi connectivity index (χ1) is 17.9. The van der Waals surface area contributed by atoms with Crippen molar-refractivity contribution in [2.45, 2.75) is 6.54 Å². The largest absolute Gasteiger partial charge is 0.415 e. The molecule has 4 aromatic rings. The molecule has 0 atom stereocenters. The lowest BCUT2D eigenvalue weighted by Gasteiger charge is -2.26. The Balaban J connectivity index is 1.32. The van der Waals surface area contributed by atoms with Crippen LogP contribution in [0.15, 0.2) is 53.1 Å². The maximum atomic E-state index is 11.3. The van der Waals surface area contributed by atoms with Crippen molar-refractivity contribution < 1.29 is 17.6 Å². The van der Waals surface area contributed by atoms with Gasteiger partial charge in [-0.2, -0.15) is 0 Å². The second-order valence-corrected chi connectivity index (χ2v) is 11.1. The molecule has 14 heteroatoms. The molecular weight excluding hydrogens is 516 g/mol. The number of hydrogen-bond acceptors (Lipinski definition) is 12. The summed E-state index contributed by atoms with van der Waals surface area (Å²) >= 11 is 1.36. The SMILES string of the molecule is NS(=O)(=O)CCNc1cc(CN2CCOCC2)cc(Nc2ncc(-c3nnc(-c4ccccc4)o3)s2)n1. The summed E-state index contributed by atoms with van der Waals surface area (Å²) in [5, 5.41) is 20.3. The van der Waals surface area contributed by atoms with Gasteiger partial charge in [-0.3, -0.25) is 4.90 Å². The average molecular weight is 543 g/mol. The number of thiazole rings is 1. The fourth-order valence-electron chi connectivity index (χ4n) is 3.73. The van der Waals surface area contributed by atoms with Gasteiger partial charge in [0.25, 0.3) is 5.89 Å². The van der Waals surface area contributed by atoms with Crippen LogP contribution < -0.4 is 15.8 Å². The van der Waals surface area contributed by atoms with E-state index in [4.69, 9.17) is 14.3 Å². The summed E-state index contributed by atoms with van der Waals surface area (Å²) in [6.45, 7) is 3.92. The standard InChI is InChI=1S/C23H26N8O4S2/c24-37(32,33)11-6-25-19-12-16(15-31-7-9-34-10-8-31)13-20(27-19)28-23-26-14-18(36-23)22-30-29-21(35-22)17-4-2-1-3-5-17/h1-5,12-14H,6-11,15H2,(H2,24,32,33)(H2,25,26,27,28). The van der Waals surface area contributed by atoms with Crippen LogP contribution >= 0.6 is 11.3 Å². The minimum absolute atomic E-state index is 0.147. The molecule has 37 heavy (non-hydrogen) atoms. The molecule has 12 nitrogen and oxygen atoms in total. The zero-order valence-electron chi connectivity index (χ0n) is 19.8. The van der Waals surface area contributed by atoms with Gasteiger partial charge in [0.15, 0.2) is 5.13 Å². The third-order valence-electron chi connectivity index (χ3n) is 5.48. The number of morpholine rings is 1. The monoisotopic (exact) mass is 542 g/mol. The second-order valence-electron chi connectivity index (χ2n) is 8.36. The molecule has 4 heterocycles. The molecule has 1 fully saturated rings. The Bertz CT molecular complexity index is 1440. The van der Waals surface area contributed by atoms with Gasteiger partial charge in [0.2, 0.25) is 15.9 Å². The van der Waals surface area contributed by atoms with Crippen molar-refractivity contribution >= 4 is 38.1 Å². The molecule has 0 unspecified atom stereocenters. The van der Waals surface area contributed by atoms with E-state index in [-0.39, 0.29) is 12.3 Å². The second kappa shape index (κ2) is 11.3. The number of nitrogens with zero attached hydrogens (tertiary/aromatic N) is 5. The first-order valence-electron chi connectivity index (χ1n) is 11.6. The molecular formula is C23H26N8O4S2. The Morgan fingerprint density at radius 3 is 2.59 bits per heavy atom. The van der Waals surface area contributed by atoms with Gasteiger partial charge in [-0.25, -0.2) is 23.5 Å². The van der Waals surface area contributed by atoms with Crippen molar-refractivity contribution in [2.24, 2.45) is 5.14 Å². The highest BCUT2D eigenvalue weighted by Gasteiger charge is 2.16. The van der Waals surface area contributed by atoms with Crippen LogP contribution in [0.3, 0.4) is 0 Å². The van der Waals surface area contributed by atoms with E-state index in [1.807, 2.05) is 42.5 Å². The summed E-state index contributed by atoms with van der Waals surface area (Å²) in [7, 11) is -3.58. The summed E-state index contributed by atoms with van der Waals surface area (Å²) in [5.41, 5.74) is 1.85. The van der Waals surface area contributed by atoms with Crippen LogP contribution in [-0.4, -0.2) is 72.1 Å². The summed E-state index contributed by atoms with van der Waals surface area (Å²) in [6, 6.07) is 13.4. The molecule has 0 radical (unpaired) electrons. The highest BCUT2D eigenvalue weighted by Crippen LogP contribution is 2.31. The minimum atomic E-state index is -3.58. The number of rotatable bonds is 10. The van der Waals surface area contributed by atoms with E-state index in [1.54, 1.807) is 6.20 Å². The number of sulfonamides is 1. The number of hydrogen-bond donors (Lipinski definition) is 3. The van der Waals surface area contributed by atoms with Gasteiger partial charge in [-0.15, -0.1) is 10.2 Å². The topological polar surface area (TPSA) is 161 Å². The predicted octanol–water partition coefficient (Wildman–Crippen LogP) is 2.53. The van der Waals surface area contributed by atoms with Gasteiger partial charge in [0.1, 0.15) is 16.5 Å². The van der Waals surface area contributed by atoms with Crippen LogP contribution in [-0.2, 0) is 21.3 Å². The van der Waals surface area contributed by atoms with E-state index in [0.29, 0.717) is 53.2 Å². The third kappa shape index (κ3) is 7.08. The maximum Gasteiger partial charge on any atom is 0.259 e. The molecule has 194 valence electrons. The van der Waals surface area contributed by atoms with Crippen LogP contribution in [0.5, 0.6) is 0 Å². The van der Waals surface area contributed by atoms with Gasteiger partial charge in [-0.1, -0.05) is 29.5 Å². The van der Waals surface area contributed by atoms with Gasteiger partial charge < -0.3 is 19.8 Å². The fourth-order valence-corrected chi connectivity index (χ4v) is 4.86. The zero-order valence-corrected chi connectivity index (χ0v) is 21.5. The highest BCUT2D eigenvalue weighted by molar-refractivity contribution is 7.89. The quantitative estimate of drug-likeness (QED) is 0.270. The lowest BCUT2D eigenvalue weighted by molar-refractivity contribution is 0.0342. The Hall–Kier alpha value is -3.43. The van der Waals surface area contributed by atoms with E-state index in [0.717, 1.165) is 24.2 Å². The van der Waals surface area contributed by atoms with Crippen molar-refractivity contribution in [3.8, 4) is 22.2 Å². The molecule has 4 N–H and O–H groups in total. The number of aromatic nitrogens is 4. The molecule has 5 rings (SSSR count). The van der Waals surface area contributed by atoms with Crippen molar-refractivity contribution in [1.29, 1.82) is 0 Å². The molecule has 1 aromatic carbocycles. The summed E-state index contributed by atoms with van der Waals surface area (Å²) in [4.78, 5) is 12.0. The normalized spacial score (nSPS) is 14.5.